The van der Waals surface area contributed by atoms with E-state index in [1.807, 2.05) is 4.90 Å². The Morgan fingerprint density at radius 2 is 2.04 bits per heavy atom. The van der Waals surface area contributed by atoms with Gasteiger partial charge in [0, 0.05) is 13.1 Å². The number of hydrogen-bond acceptors (Lipinski definition) is 7. The Kier molecular flexibility index (Phi) is 4.68. The van der Waals surface area contributed by atoms with Crippen LogP contribution in [0.1, 0.15) is 17.3 Å². The van der Waals surface area contributed by atoms with Crippen molar-refractivity contribution in [3.63, 3.8) is 0 Å². The molecule has 2 fully saturated rings. The maximum Gasteiger partial charge on any atom is 0.408 e. The van der Waals surface area contributed by atoms with Crippen molar-refractivity contribution in [2.24, 2.45) is 0 Å². The molecule has 2 aliphatic rings. The Bertz CT molecular complexity index is 886. The minimum absolute atomic E-state index is 0.274. The molecule has 27 heavy (non-hydrogen) atoms. The molecule has 1 amide bonds. The lowest BCUT2D eigenvalue weighted by Gasteiger charge is -2.47. The highest BCUT2D eigenvalue weighted by Crippen LogP contribution is 2.32. The molecule has 0 saturated carbocycles. The van der Waals surface area contributed by atoms with Gasteiger partial charge in [0.2, 0.25) is 0 Å². The largest absolute Gasteiger partial charge is 0.465 e. The molecular formula is C17H18BrN3O6. The number of hydrogen-bond donors (Lipinski definition) is 1. The van der Waals surface area contributed by atoms with Crippen molar-refractivity contribution in [1.82, 2.24) is 9.88 Å². The number of carbonyl (C=O) groups is 2. The Balaban J connectivity index is 1.64. The maximum atomic E-state index is 12.0. The molecule has 2 aromatic rings. The summed E-state index contributed by atoms with van der Waals surface area (Å²) in [5.41, 5.74) is 1.45. The number of aromatic nitrogens is 1. The third-order valence-corrected chi connectivity index (χ3v) is 5.29. The van der Waals surface area contributed by atoms with E-state index in [-0.39, 0.29) is 18.7 Å². The first kappa shape index (κ1) is 18.1. The number of rotatable bonds is 3. The molecule has 3 heterocycles. The first-order valence-electron chi connectivity index (χ1n) is 8.59. The summed E-state index contributed by atoms with van der Waals surface area (Å²) in [6.45, 7) is 3.58. The topological polar surface area (TPSA) is 105 Å². The van der Waals surface area contributed by atoms with E-state index >= 15 is 0 Å². The molecule has 4 rings (SSSR count). The van der Waals surface area contributed by atoms with Crippen molar-refractivity contribution >= 4 is 45.1 Å². The summed E-state index contributed by atoms with van der Waals surface area (Å²) < 4.78 is 17.0. The average Bonchev–Trinajstić information content (AvgIpc) is 3.05. The number of carboxylic acid groups (broad SMARTS) is 1. The molecule has 0 radical (unpaired) electrons. The smallest absolute Gasteiger partial charge is 0.408 e. The SMILES string of the molecule is CCOC(=O)c1cc(Br)c2oc(N3CC4COCC(C3)N4C(=O)O)nc2c1. The van der Waals surface area contributed by atoms with Crippen LogP contribution in [0.4, 0.5) is 10.8 Å². The zero-order valence-corrected chi connectivity index (χ0v) is 16.1. The van der Waals surface area contributed by atoms with Crippen molar-refractivity contribution in [3.05, 3.63) is 22.2 Å². The normalized spacial score (nSPS) is 22.1. The molecule has 0 spiro atoms. The minimum atomic E-state index is -0.938. The van der Waals surface area contributed by atoms with Gasteiger partial charge in [0.05, 0.1) is 41.9 Å². The first-order valence-corrected chi connectivity index (χ1v) is 9.38. The summed E-state index contributed by atoms with van der Waals surface area (Å²) in [7, 11) is 0. The van der Waals surface area contributed by atoms with E-state index in [0.29, 0.717) is 53.5 Å². The van der Waals surface area contributed by atoms with Crippen LogP contribution >= 0.6 is 15.9 Å². The number of oxazole rings is 1. The third-order valence-electron chi connectivity index (χ3n) is 4.71. The molecule has 1 aromatic heterocycles. The number of ether oxygens (including phenoxy) is 2. The molecule has 2 unspecified atom stereocenters. The summed E-state index contributed by atoms with van der Waals surface area (Å²) in [6, 6.07) is 3.11. The summed E-state index contributed by atoms with van der Waals surface area (Å²) in [4.78, 5) is 31.4. The van der Waals surface area contributed by atoms with E-state index in [0.717, 1.165) is 0 Å². The van der Waals surface area contributed by atoms with Crippen LogP contribution in [-0.4, -0.2) is 72.0 Å². The van der Waals surface area contributed by atoms with E-state index in [1.54, 1.807) is 19.1 Å². The van der Waals surface area contributed by atoms with E-state index in [1.165, 1.54) is 4.90 Å². The molecule has 2 saturated heterocycles. The Morgan fingerprint density at radius 1 is 1.33 bits per heavy atom. The Hall–Kier alpha value is -2.33. The van der Waals surface area contributed by atoms with Crippen molar-refractivity contribution in [1.29, 1.82) is 0 Å². The maximum absolute atomic E-state index is 12.0. The molecule has 144 valence electrons. The first-order chi connectivity index (χ1) is 13.0. The van der Waals surface area contributed by atoms with Crippen LogP contribution in [0.25, 0.3) is 11.1 Å². The number of morpholine rings is 1. The zero-order chi connectivity index (χ0) is 19.1. The van der Waals surface area contributed by atoms with E-state index in [4.69, 9.17) is 13.9 Å². The molecule has 2 atom stereocenters. The van der Waals surface area contributed by atoms with Gasteiger partial charge in [-0.25, -0.2) is 9.59 Å². The second-order valence-electron chi connectivity index (χ2n) is 6.46. The number of nitrogens with zero attached hydrogens (tertiary/aromatic N) is 3. The van der Waals surface area contributed by atoms with Crippen LogP contribution < -0.4 is 4.90 Å². The lowest BCUT2D eigenvalue weighted by molar-refractivity contribution is -0.0457. The second-order valence-corrected chi connectivity index (χ2v) is 7.32. The van der Waals surface area contributed by atoms with Crippen molar-refractivity contribution in [2.75, 3.05) is 37.8 Å². The highest BCUT2D eigenvalue weighted by molar-refractivity contribution is 9.10. The quantitative estimate of drug-likeness (QED) is 0.726. The molecule has 1 aromatic carbocycles. The monoisotopic (exact) mass is 439 g/mol. The standard InChI is InChI=1S/C17H18BrN3O6/c1-2-26-15(22)9-3-12(18)14-13(4-9)19-16(27-14)20-5-10-7-25-8-11(6-20)21(10)17(23)24/h3-4,10-11H,2,5-8H2,1H3,(H,23,24). The number of anilines is 1. The number of esters is 1. The fourth-order valence-corrected chi connectivity index (χ4v) is 4.11. The van der Waals surface area contributed by atoms with Gasteiger partial charge in [-0.15, -0.1) is 0 Å². The van der Waals surface area contributed by atoms with Gasteiger partial charge in [0.25, 0.3) is 6.01 Å². The second kappa shape index (κ2) is 7.01. The predicted molar refractivity (Wildman–Crippen MR) is 98.1 cm³/mol. The van der Waals surface area contributed by atoms with Gasteiger partial charge in [-0.05, 0) is 35.0 Å². The third kappa shape index (κ3) is 3.23. The number of fused-ring (bicyclic) bond motifs is 3. The van der Waals surface area contributed by atoms with Gasteiger partial charge >= 0.3 is 12.1 Å². The summed E-state index contributed by atoms with van der Waals surface area (Å²) >= 11 is 3.42. The molecule has 0 aliphatic carbocycles. The zero-order valence-electron chi connectivity index (χ0n) is 14.6. The van der Waals surface area contributed by atoms with Crippen LogP contribution in [-0.2, 0) is 9.47 Å². The van der Waals surface area contributed by atoms with Gasteiger partial charge < -0.3 is 23.9 Å². The molecule has 1 N–H and O–H groups in total. The average molecular weight is 440 g/mol. The molecular weight excluding hydrogens is 422 g/mol. The van der Waals surface area contributed by atoms with E-state index in [2.05, 4.69) is 20.9 Å². The summed E-state index contributed by atoms with van der Waals surface area (Å²) in [6.07, 6.45) is -0.938. The fourth-order valence-electron chi connectivity index (χ4n) is 3.58. The summed E-state index contributed by atoms with van der Waals surface area (Å²) in [5, 5.41) is 9.44. The van der Waals surface area contributed by atoms with Gasteiger partial charge in [0.15, 0.2) is 5.58 Å². The highest BCUT2D eigenvalue weighted by Gasteiger charge is 2.42. The number of piperazine rings is 1. The van der Waals surface area contributed by atoms with Gasteiger partial charge in [0.1, 0.15) is 5.52 Å². The molecule has 2 bridgehead atoms. The van der Waals surface area contributed by atoms with E-state index in [9.17, 15) is 14.7 Å². The van der Waals surface area contributed by atoms with Crippen LogP contribution in [0.2, 0.25) is 0 Å². The molecule has 2 aliphatic heterocycles. The lowest BCUT2D eigenvalue weighted by Crippen LogP contribution is -2.66. The van der Waals surface area contributed by atoms with Crippen molar-refractivity contribution < 1.29 is 28.6 Å². The van der Waals surface area contributed by atoms with E-state index < -0.39 is 12.1 Å². The van der Waals surface area contributed by atoms with Gasteiger partial charge in [-0.1, -0.05) is 0 Å². The van der Waals surface area contributed by atoms with Gasteiger partial charge in [-0.2, -0.15) is 4.98 Å². The Labute approximate surface area is 162 Å². The van der Waals surface area contributed by atoms with Crippen molar-refractivity contribution in [3.8, 4) is 0 Å². The van der Waals surface area contributed by atoms with Crippen LogP contribution in [0.15, 0.2) is 21.0 Å². The number of carbonyl (C=O) groups excluding carboxylic acids is 1. The van der Waals surface area contributed by atoms with Crippen LogP contribution in [0, 0.1) is 0 Å². The fraction of sp³-hybridized carbons (Fsp3) is 0.471. The lowest BCUT2D eigenvalue weighted by atomic mass is 10.1. The minimum Gasteiger partial charge on any atom is -0.465 e. The van der Waals surface area contributed by atoms with Crippen LogP contribution in [0.3, 0.4) is 0 Å². The number of halogens is 1. The van der Waals surface area contributed by atoms with Crippen molar-refractivity contribution in [2.45, 2.75) is 19.0 Å². The van der Waals surface area contributed by atoms with Crippen LogP contribution in [0.5, 0.6) is 0 Å². The number of benzene rings is 1. The molecule has 9 nitrogen and oxygen atoms in total. The molecule has 10 heteroatoms. The summed E-state index contributed by atoms with van der Waals surface area (Å²) in [5.74, 6) is -0.425. The predicted octanol–water partition coefficient (Wildman–Crippen LogP) is 2.33. The van der Waals surface area contributed by atoms with Gasteiger partial charge in [-0.3, -0.25) is 4.90 Å². The highest BCUT2D eigenvalue weighted by atomic mass is 79.9. The number of amides is 1. The Morgan fingerprint density at radius 3 is 2.67 bits per heavy atom.